The Morgan fingerprint density at radius 2 is 1.77 bits per heavy atom. The molecule has 35 heavy (non-hydrogen) atoms. The molecule has 0 heterocycles. The van der Waals surface area contributed by atoms with Gasteiger partial charge in [0.25, 0.3) is 0 Å². The molecule has 0 saturated carbocycles. The van der Waals surface area contributed by atoms with Crippen molar-refractivity contribution in [2.75, 3.05) is 17.1 Å². The number of amides is 2. The van der Waals surface area contributed by atoms with Crippen LogP contribution in [0.1, 0.15) is 51.2 Å². The number of sulfonamides is 1. The molecule has 2 rings (SSSR count). The summed E-state index contributed by atoms with van der Waals surface area (Å²) in [5, 5.41) is 3.49. The number of hydrogen-bond donors (Lipinski definition) is 1. The van der Waals surface area contributed by atoms with Gasteiger partial charge in [0, 0.05) is 30.6 Å². The highest BCUT2D eigenvalue weighted by Crippen LogP contribution is 2.23. The van der Waals surface area contributed by atoms with E-state index in [-0.39, 0.29) is 37.4 Å². The van der Waals surface area contributed by atoms with Crippen molar-refractivity contribution in [2.45, 2.75) is 65.6 Å². The molecule has 2 amide bonds. The van der Waals surface area contributed by atoms with Crippen molar-refractivity contribution in [2.24, 2.45) is 0 Å². The number of carbonyl (C=O) groups excluding carboxylic acids is 2. The van der Waals surface area contributed by atoms with Gasteiger partial charge in [-0.2, -0.15) is 0 Å². The lowest BCUT2D eigenvalue weighted by molar-refractivity contribution is -0.140. The molecule has 0 aromatic heterocycles. The molecule has 0 unspecified atom stereocenters. The summed E-state index contributed by atoms with van der Waals surface area (Å²) < 4.78 is 26.3. The maximum atomic E-state index is 13.3. The predicted octanol–water partition coefficient (Wildman–Crippen LogP) is 4.53. The number of carbonyl (C=O) groups is 2. The predicted molar refractivity (Wildman–Crippen MR) is 142 cm³/mol. The highest BCUT2D eigenvalue weighted by Gasteiger charge is 2.27. The smallest absolute Gasteiger partial charge is 0.242 e. The molecule has 0 bridgehead atoms. The second-order valence-corrected chi connectivity index (χ2v) is 11.2. The molecule has 1 N–H and O–H groups in total. The first-order chi connectivity index (χ1) is 16.4. The van der Waals surface area contributed by atoms with Crippen molar-refractivity contribution in [1.29, 1.82) is 0 Å². The molecule has 7 nitrogen and oxygen atoms in total. The molecular formula is C26H36ClN3O4S. The van der Waals surface area contributed by atoms with Crippen LogP contribution in [0.3, 0.4) is 0 Å². The molecule has 0 aliphatic carbocycles. The van der Waals surface area contributed by atoms with E-state index in [1.165, 1.54) is 9.21 Å². The van der Waals surface area contributed by atoms with Crippen molar-refractivity contribution in [3.05, 3.63) is 64.7 Å². The monoisotopic (exact) mass is 521 g/mol. The fourth-order valence-electron chi connectivity index (χ4n) is 3.71. The quantitative estimate of drug-likeness (QED) is 0.444. The Labute approximate surface area is 214 Å². The topological polar surface area (TPSA) is 86.8 Å². The number of anilines is 1. The number of hydrogen-bond acceptors (Lipinski definition) is 4. The van der Waals surface area contributed by atoms with Gasteiger partial charge < -0.3 is 10.2 Å². The zero-order valence-electron chi connectivity index (χ0n) is 21.1. The van der Waals surface area contributed by atoms with E-state index in [9.17, 15) is 18.0 Å². The maximum Gasteiger partial charge on any atom is 0.242 e. The van der Waals surface area contributed by atoms with E-state index in [1.807, 2.05) is 39.0 Å². The Balaban J connectivity index is 2.18. The number of nitrogens with one attached hydrogen (secondary N) is 1. The van der Waals surface area contributed by atoms with Gasteiger partial charge in [0.1, 0.15) is 6.04 Å². The van der Waals surface area contributed by atoms with Crippen LogP contribution in [0, 0.1) is 6.92 Å². The van der Waals surface area contributed by atoms with Crippen LogP contribution >= 0.6 is 11.6 Å². The van der Waals surface area contributed by atoms with Crippen molar-refractivity contribution < 1.29 is 18.0 Å². The fraction of sp³-hybridized carbons (Fsp3) is 0.462. The van der Waals surface area contributed by atoms with Gasteiger partial charge in [-0.25, -0.2) is 8.42 Å². The molecule has 192 valence electrons. The average Bonchev–Trinajstić information content (AvgIpc) is 2.79. The fourth-order valence-corrected chi connectivity index (χ4v) is 4.94. The van der Waals surface area contributed by atoms with E-state index < -0.39 is 16.1 Å². The molecule has 0 saturated heterocycles. The van der Waals surface area contributed by atoms with Crippen molar-refractivity contribution in [3.8, 4) is 0 Å². The SMILES string of the molecule is CC[C@@H](C)NC(=O)[C@@H](C)N(Cc1cccc(Cl)c1)C(=O)CCCN(c1ccccc1C)S(C)(=O)=O. The van der Waals surface area contributed by atoms with Crippen LogP contribution in [-0.2, 0) is 26.2 Å². The highest BCUT2D eigenvalue weighted by molar-refractivity contribution is 7.92. The number of aryl methyl sites for hydroxylation is 1. The van der Waals surface area contributed by atoms with Crippen LogP contribution in [0.15, 0.2) is 48.5 Å². The zero-order valence-corrected chi connectivity index (χ0v) is 22.7. The first-order valence-corrected chi connectivity index (χ1v) is 14.0. The number of halogens is 1. The van der Waals surface area contributed by atoms with E-state index in [0.717, 1.165) is 23.8 Å². The minimum Gasteiger partial charge on any atom is -0.352 e. The third kappa shape index (κ3) is 8.54. The second kappa shape index (κ2) is 12.9. The van der Waals surface area contributed by atoms with Gasteiger partial charge in [0.15, 0.2) is 0 Å². The largest absolute Gasteiger partial charge is 0.352 e. The zero-order chi connectivity index (χ0) is 26.2. The summed E-state index contributed by atoms with van der Waals surface area (Å²) >= 11 is 6.12. The molecule has 9 heteroatoms. The van der Waals surface area contributed by atoms with E-state index >= 15 is 0 Å². The third-order valence-corrected chi connectivity index (χ3v) is 7.36. The second-order valence-electron chi connectivity index (χ2n) is 8.87. The summed E-state index contributed by atoms with van der Waals surface area (Å²) in [5.41, 5.74) is 2.24. The molecule has 0 aliphatic rings. The van der Waals surface area contributed by atoms with Crippen LogP contribution in [0.5, 0.6) is 0 Å². The third-order valence-electron chi connectivity index (χ3n) is 5.95. The van der Waals surface area contributed by atoms with E-state index in [0.29, 0.717) is 17.1 Å². The summed E-state index contributed by atoms with van der Waals surface area (Å²) in [6.07, 6.45) is 2.35. The minimum atomic E-state index is -3.53. The van der Waals surface area contributed by atoms with Crippen molar-refractivity contribution >= 4 is 39.1 Å². The van der Waals surface area contributed by atoms with Gasteiger partial charge in [-0.3, -0.25) is 13.9 Å². The van der Waals surface area contributed by atoms with Crippen molar-refractivity contribution in [3.63, 3.8) is 0 Å². The Hall–Kier alpha value is -2.58. The number of rotatable bonds is 12. The Morgan fingerprint density at radius 3 is 2.37 bits per heavy atom. The minimum absolute atomic E-state index is 0.00879. The highest BCUT2D eigenvalue weighted by atomic mass is 35.5. The number of benzene rings is 2. The summed E-state index contributed by atoms with van der Waals surface area (Å²) in [5.74, 6) is -0.456. The normalized spacial score (nSPS) is 13.1. The van der Waals surface area contributed by atoms with Crippen molar-refractivity contribution in [1.82, 2.24) is 10.2 Å². The Kier molecular flexibility index (Phi) is 10.6. The van der Waals surface area contributed by atoms with E-state index in [1.54, 1.807) is 37.3 Å². The summed E-state index contributed by atoms with van der Waals surface area (Å²) in [4.78, 5) is 27.7. The molecule has 0 radical (unpaired) electrons. The molecular weight excluding hydrogens is 486 g/mol. The molecule has 2 aromatic rings. The molecule has 2 aromatic carbocycles. The molecule has 0 fully saturated rings. The standard InChI is InChI=1S/C26H36ClN3O4S/c1-6-20(3)28-26(32)21(4)29(18-22-12-9-13-23(27)17-22)25(31)15-10-16-30(35(5,33)34)24-14-8-7-11-19(24)2/h7-9,11-14,17,20-21H,6,10,15-16,18H2,1-5H3,(H,28,32)/t20-,21-/m1/s1. The van der Waals surface area contributed by atoms with Crippen LogP contribution in [0.4, 0.5) is 5.69 Å². The van der Waals surface area contributed by atoms with Gasteiger partial charge in [0.05, 0.1) is 11.9 Å². The van der Waals surface area contributed by atoms with Crippen LogP contribution in [0.2, 0.25) is 5.02 Å². The molecule has 0 aliphatic heterocycles. The Morgan fingerprint density at radius 1 is 1.09 bits per heavy atom. The first kappa shape index (κ1) is 28.7. The van der Waals surface area contributed by atoms with Gasteiger partial charge >= 0.3 is 0 Å². The lowest BCUT2D eigenvalue weighted by Crippen LogP contribution is -2.49. The Bertz CT molecular complexity index is 1120. The number of nitrogens with zero attached hydrogens (tertiary/aromatic N) is 2. The summed E-state index contributed by atoms with van der Waals surface area (Å²) in [7, 11) is -3.53. The average molecular weight is 522 g/mol. The van der Waals surface area contributed by atoms with Gasteiger partial charge in [-0.1, -0.05) is 48.9 Å². The number of para-hydroxylation sites is 1. The lowest BCUT2D eigenvalue weighted by atomic mass is 10.1. The van der Waals surface area contributed by atoms with E-state index in [4.69, 9.17) is 11.6 Å². The van der Waals surface area contributed by atoms with Crippen LogP contribution in [0.25, 0.3) is 0 Å². The van der Waals surface area contributed by atoms with Crippen LogP contribution < -0.4 is 9.62 Å². The van der Waals surface area contributed by atoms with Gasteiger partial charge in [-0.05, 0) is 62.9 Å². The summed E-state index contributed by atoms with van der Waals surface area (Å²) in [6.45, 7) is 7.83. The summed E-state index contributed by atoms with van der Waals surface area (Å²) in [6, 6.07) is 13.7. The van der Waals surface area contributed by atoms with E-state index in [2.05, 4.69) is 5.32 Å². The molecule has 0 spiro atoms. The van der Waals surface area contributed by atoms with Gasteiger partial charge in [0.2, 0.25) is 21.8 Å². The van der Waals surface area contributed by atoms with Crippen LogP contribution in [-0.4, -0.2) is 50.0 Å². The molecule has 2 atom stereocenters. The maximum absolute atomic E-state index is 13.3. The lowest BCUT2D eigenvalue weighted by Gasteiger charge is -2.30. The van der Waals surface area contributed by atoms with Gasteiger partial charge in [-0.15, -0.1) is 0 Å². The first-order valence-electron chi connectivity index (χ1n) is 11.8.